The number of urea groups is 1. The quantitative estimate of drug-likeness (QED) is 0.835. The van der Waals surface area contributed by atoms with Crippen LogP contribution in [0.15, 0.2) is 42.5 Å². The molecule has 134 valence electrons. The molecule has 4 amide bonds. The van der Waals surface area contributed by atoms with Crippen LogP contribution in [0, 0.1) is 0 Å². The van der Waals surface area contributed by atoms with Gasteiger partial charge in [-0.15, -0.1) is 0 Å². The smallest absolute Gasteiger partial charge is 0.322 e. The van der Waals surface area contributed by atoms with Crippen LogP contribution in [-0.2, 0) is 16.0 Å². The highest BCUT2D eigenvalue weighted by molar-refractivity contribution is 6.08. The summed E-state index contributed by atoms with van der Waals surface area (Å²) in [7, 11) is 0. The topological polar surface area (TPSA) is 78.5 Å². The summed E-state index contributed by atoms with van der Waals surface area (Å²) in [4.78, 5) is 37.3. The van der Waals surface area contributed by atoms with Crippen molar-refractivity contribution in [2.24, 2.45) is 0 Å². The number of carbonyl (C=O) groups is 3. The molecule has 1 aliphatic heterocycles. The van der Waals surface area contributed by atoms with Crippen LogP contribution < -0.4 is 10.7 Å². The number of hydrogen-bond donors (Lipinski definition) is 2. The third kappa shape index (κ3) is 2.92. The molecule has 0 aromatic heterocycles. The largest absolute Gasteiger partial charge is 0.344 e. The fourth-order valence-electron chi connectivity index (χ4n) is 3.91. The van der Waals surface area contributed by atoms with Crippen LogP contribution in [0.2, 0.25) is 0 Å². The van der Waals surface area contributed by atoms with E-state index in [1.165, 1.54) is 0 Å². The Morgan fingerprint density at radius 1 is 1.04 bits per heavy atom. The average Bonchev–Trinajstić information content (AvgIpc) is 2.86. The lowest BCUT2D eigenvalue weighted by Gasteiger charge is -2.30. The van der Waals surface area contributed by atoms with Gasteiger partial charge in [-0.2, -0.15) is 5.01 Å². The molecular weight excluding hydrogens is 330 g/mol. The molecule has 6 nitrogen and oxygen atoms in total. The average molecular weight is 351 g/mol. The van der Waals surface area contributed by atoms with Crippen LogP contribution in [0.3, 0.4) is 0 Å². The first-order valence-electron chi connectivity index (χ1n) is 9.01. The van der Waals surface area contributed by atoms with Gasteiger partial charge in [-0.1, -0.05) is 61.7 Å². The standard InChI is InChI=1S/C20H21N3O3/c24-17(13-14-8-9-15-6-2-3-7-16(15)12-14)22-23-18(25)20(21-19(23)26)10-4-1-5-11-20/h2-3,6-9,12H,1,4-5,10-11,13H2,(H,21,26)(H,22,24). The minimum Gasteiger partial charge on any atom is -0.322 e. The number of nitrogens with one attached hydrogen (secondary N) is 2. The number of rotatable bonds is 3. The second kappa shape index (κ2) is 6.44. The monoisotopic (exact) mass is 351 g/mol. The molecule has 2 fully saturated rings. The van der Waals surface area contributed by atoms with Gasteiger partial charge in [0.1, 0.15) is 5.54 Å². The molecule has 2 aromatic carbocycles. The summed E-state index contributed by atoms with van der Waals surface area (Å²) >= 11 is 0. The summed E-state index contributed by atoms with van der Waals surface area (Å²) in [6.45, 7) is 0. The second-order valence-electron chi connectivity index (χ2n) is 7.11. The van der Waals surface area contributed by atoms with Crippen molar-refractivity contribution in [3.8, 4) is 0 Å². The molecule has 4 rings (SSSR count). The van der Waals surface area contributed by atoms with Crippen LogP contribution in [0.4, 0.5) is 4.79 Å². The zero-order valence-electron chi connectivity index (χ0n) is 14.5. The summed E-state index contributed by atoms with van der Waals surface area (Å²) in [5.74, 6) is -0.717. The molecule has 0 atom stereocenters. The number of carbonyl (C=O) groups excluding carboxylic acids is 3. The Balaban J connectivity index is 1.45. The van der Waals surface area contributed by atoms with Gasteiger partial charge in [-0.05, 0) is 29.2 Å². The molecule has 6 heteroatoms. The van der Waals surface area contributed by atoms with Gasteiger partial charge in [0.15, 0.2) is 0 Å². The van der Waals surface area contributed by atoms with Crippen molar-refractivity contribution in [2.75, 3.05) is 0 Å². The van der Waals surface area contributed by atoms with E-state index in [-0.39, 0.29) is 18.2 Å². The van der Waals surface area contributed by atoms with Gasteiger partial charge < -0.3 is 5.32 Å². The highest BCUT2D eigenvalue weighted by Gasteiger charge is 2.52. The van der Waals surface area contributed by atoms with Crippen LogP contribution in [0.5, 0.6) is 0 Å². The van der Waals surface area contributed by atoms with Gasteiger partial charge in [-0.3, -0.25) is 15.0 Å². The van der Waals surface area contributed by atoms with E-state index in [1.54, 1.807) is 0 Å². The zero-order chi connectivity index (χ0) is 18.1. The summed E-state index contributed by atoms with van der Waals surface area (Å²) in [6.07, 6.45) is 4.26. The van der Waals surface area contributed by atoms with Crippen molar-refractivity contribution in [3.05, 3.63) is 48.0 Å². The molecule has 1 saturated heterocycles. The number of imide groups is 1. The van der Waals surface area contributed by atoms with Gasteiger partial charge in [0, 0.05) is 0 Å². The molecule has 0 unspecified atom stereocenters. The summed E-state index contributed by atoms with van der Waals surface area (Å²) < 4.78 is 0. The molecule has 2 aliphatic rings. The van der Waals surface area contributed by atoms with Crippen molar-refractivity contribution >= 4 is 28.6 Å². The number of amides is 4. The first-order chi connectivity index (χ1) is 12.6. The first kappa shape index (κ1) is 16.6. The maximum absolute atomic E-state index is 12.7. The van der Waals surface area contributed by atoms with E-state index in [9.17, 15) is 14.4 Å². The van der Waals surface area contributed by atoms with Crippen LogP contribution in [0.1, 0.15) is 37.7 Å². The van der Waals surface area contributed by atoms with Gasteiger partial charge in [0.2, 0.25) is 5.91 Å². The Labute approximate surface area is 151 Å². The molecule has 1 aliphatic carbocycles. The minimum atomic E-state index is -0.828. The van der Waals surface area contributed by atoms with E-state index in [0.29, 0.717) is 12.8 Å². The first-order valence-corrected chi connectivity index (χ1v) is 9.01. The van der Waals surface area contributed by atoms with Crippen molar-refractivity contribution in [2.45, 2.75) is 44.1 Å². The summed E-state index contributed by atoms with van der Waals surface area (Å²) in [6, 6.07) is 13.2. The van der Waals surface area contributed by atoms with E-state index in [0.717, 1.165) is 40.6 Å². The predicted octanol–water partition coefficient (Wildman–Crippen LogP) is 2.67. The molecule has 0 bridgehead atoms. The molecular formula is C20H21N3O3. The lowest BCUT2D eigenvalue weighted by molar-refractivity contribution is -0.139. The third-order valence-electron chi connectivity index (χ3n) is 5.28. The fourth-order valence-corrected chi connectivity index (χ4v) is 3.91. The van der Waals surface area contributed by atoms with E-state index in [2.05, 4.69) is 10.7 Å². The second-order valence-corrected chi connectivity index (χ2v) is 7.11. The summed E-state index contributed by atoms with van der Waals surface area (Å²) in [5, 5.41) is 5.79. The van der Waals surface area contributed by atoms with Gasteiger partial charge in [-0.25, -0.2) is 4.79 Å². The molecule has 1 heterocycles. The van der Waals surface area contributed by atoms with E-state index < -0.39 is 11.6 Å². The lowest BCUT2D eigenvalue weighted by Crippen LogP contribution is -2.51. The highest BCUT2D eigenvalue weighted by atomic mass is 16.2. The van der Waals surface area contributed by atoms with Crippen molar-refractivity contribution < 1.29 is 14.4 Å². The number of benzene rings is 2. The Morgan fingerprint density at radius 2 is 1.77 bits per heavy atom. The van der Waals surface area contributed by atoms with Gasteiger partial charge in [0.25, 0.3) is 5.91 Å². The van der Waals surface area contributed by atoms with Crippen LogP contribution in [0.25, 0.3) is 10.8 Å². The van der Waals surface area contributed by atoms with Crippen LogP contribution in [-0.4, -0.2) is 28.4 Å². The molecule has 1 saturated carbocycles. The highest BCUT2D eigenvalue weighted by Crippen LogP contribution is 2.33. The van der Waals surface area contributed by atoms with E-state index in [4.69, 9.17) is 0 Å². The number of hydrazine groups is 1. The lowest BCUT2D eigenvalue weighted by atomic mass is 9.82. The fraction of sp³-hybridized carbons (Fsp3) is 0.350. The number of nitrogens with zero attached hydrogens (tertiary/aromatic N) is 1. The van der Waals surface area contributed by atoms with Crippen molar-refractivity contribution in [1.29, 1.82) is 0 Å². The van der Waals surface area contributed by atoms with E-state index >= 15 is 0 Å². The minimum absolute atomic E-state index is 0.106. The molecule has 2 N–H and O–H groups in total. The van der Waals surface area contributed by atoms with Gasteiger partial charge >= 0.3 is 6.03 Å². The maximum Gasteiger partial charge on any atom is 0.344 e. The Kier molecular flexibility index (Phi) is 4.11. The van der Waals surface area contributed by atoms with Crippen LogP contribution >= 0.6 is 0 Å². The molecule has 1 spiro atoms. The Morgan fingerprint density at radius 3 is 2.54 bits per heavy atom. The van der Waals surface area contributed by atoms with E-state index in [1.807, 2.05) is 42.5 Å². The predicted molar refractivity (Wildman–Crippen MR) is 97.0 cm³/mol. The normalized spacial score (nSPS) is 19.0. The Bertz CT molecular complexity index is 887. The zero-order valence-corrected chi connectivity index (χ0v) is 14.5. The Hall–Kier alpha value is -2.89. The molecule has 2 aromatic rings. The SMILES string of the molecule is O=C(Cc1ccc2ccccc2c1)NN1C(=O)NC2(CCCCC2)C1=O. The third-order valence-corrected chi connectivity index (χ3v) is 5.28. The molecule has 0 radical (unpaired) electrons. The maximum atomic E-state index is 12.7. The molecule has 26 heavy (non-hydrogen) atoms. The van der Waals surface area contributed by atoms with Crippen molar-refractivity contribution in [3.63, 3.8) is 0 Å². The van der Waals surface area contributed by atoms with Gasteiger partial charge in [0.05, 0.1) is 6.42 Å². The van der Waals surface area contributed by atoms with Crippen molar-refractivity contribution in [1.82, 2.24) is 15.8 Å². The number of hydrogen-bond acceptors (Lipinski definition) is 3. The number of fused-ring (bicyclic) bond motifs is 1. The summed E-state index contributed by atoms with van der Waals surface area (Å²) in [5.41, 5.74) is 2.49.